The Bertz CT molecular complexity index is 771. The van der Waals surface area contributed by atoms with Gasteiger partial charge in [0.05, 0.1) is 4.90 Å². The molecule has 23 heavy (non-hydrogen) atoms. The zero-order chi connectivity index (χ0) is 16.4. The molecule has 7 heteroatoms. The summed E-state index contributed by atoms with van der Waals surface area (Å²) in [4.78, 5) is 4.33. The molecular weight excluding hydrogens is 312 g/mol. The molecule has 1 aliphatic rings. The number of benzene rings is 1. The van der Waals surface area contributed by atoms with Gasteiger partial charge in [0.2, 0.25) is 10.0 Å². The van der Waals surface area contributed by atoms with E-state index in [2.05, 4.69) is 10.1 Å². The Kier molecular flexibility index (Phi) is 4.50. The molecule has 124 valence electrons. The number of sulfonamides is 1. The molecular formula is C16H22N4O2S. The van der Waals surface area contributed by atoms with Crippen molar-refractivity contribution < 1.29 is 8.42 Å². The molecule has 0 amide bonds. The minimum atomic E-state index is -3.43. The summed E-state index contributed by atoms with van der Waals surface area (Å²) < 4.78 is 29.2. The van der Waals surface area contributed by atoms with Gasteiger partial charge in [-0.15, -0.1) is 0 Å². The Morgan fingerprint density at radius 1 is 1.26 bits per heavy atom. The van der Waals surface area contributed by atoms with Gasteiger partial charge in [-0.1, -0.05) is 6.07 Å². The molecule has 1 fully saturated rings. The van der Waals surface area contributed by atoms with Crippen molar-refractivity contribution in [2.75, 3.05) is 13.1 Å². The van der Waals surface area contributed by atoms with Gasteiger partial charge in [0.25, 0.3) is 0 Å². The fourth-order valence-electron chi connectivity index (χ4n) is 3.01. The van der Waals surface area contributed by atoms with E-state index in [1.165, 1.54) is 6.33 Å². The number of aryl methyl sites for hydroxylation is 2. The topological polar surface area (TPSA) is 68.1 Å². The standard InChI is InChI=1S/C16H22N4O2S/c1-13-5-6-16(8-14(13)2)23(21,22)20-7-3-4-15(10-20)9-19-12-17-11-18-19/h5-6,8,11-12,15H,3-4,7,9-10H2,1-2H3/t15-/m0/s1. The van der Waals surface area contributed by atoms with Gasteiger partial charge in [-0.25, -0.2) is 13.4 Å². The van der Waals surface area contributed by atoms with E-state index < -0.39 is 10.0 Å². The van der Waals surface area contributed by atoms with Crippen LogP contribution in [-0.4, -0.2) is 40.6 Å². The molecule has 1 aromatic carbocycles. The van der Waals surface area contributed by atoms with E-state index in [4.69, 9.17) is 0 Å². The van der Waals surface area contributed by atoms with Crippen molar-refractivity contribution in [2.45, 2.75) is 38.1 Å². The van der Waals surface area contributed by atoms with Crippen LogP contribution in [0.5, 0.6) is 0 Å². The van der Waals surface area contributed by atoms with E-state index in [1.807, 2.05) is 19.9 Å². The lowest BCUT2D eigenvalue weighted by atomic mass is 10.00. The number of aromatic nitrogens is 3. The highest BCUT2D eigenvalue weighted by molar-refractivity contribution is 7.89. The van der Waals surface area contributed by atoms with Crippen LogP contribution in [0.1, 0.15) is 24.0 Å². The maximum Gasteiger partial charge on any atom is 0.243 e. The molecule has 2 heterocycles. The zero-order valence-electron chi connectivity index (χ0n) is 13.5. The van der Waals surface area contributed by atoms with Crippen molar-refractivity contribution >= 4 is 10.0 Å². The summed E-state index contributed by atoms with van der Waals surface area (Å²) in [7, 11) is -3.43. The molecule has 1 atom stereocenters. The van der Waals surface area contributed by atoms with E-state index in [9.17, 15) is 8.42 Å². The molecule has 0 spiro atoms. The lowest BCUT2D eigenvalue weighted by Crippen LogP contribution is -2.41. The van der Waals surface area contributed by atoms with Crippen LogP contribution in [-0.2, 0) is 16.6 Å². The number of rotatable bonds is 4. The van der Waals surface area contributed by atoms with Crippen LogP contribution in [0.3, 0.4) is 0 Å². The first-order valence-electron chi connectivity index (χ1n) is 7.86. The molecule has 0 bridgehead atoms. The maximum atomic E-state index is 12.9. The van der Waals surface area contributed by atoms with E-state index in [-0.39, 0.29) is 5.92 Å². The fraction of sp³-hybridized carbons (Fsp3) is 0.500. The molecule has 0 radical (unpaired) electrons. The van der Waals surface area contributed by atoms with Crippen molar-refractivity contribution in [1.29, 1.82) is 0 Å². The molecule has 6 nitrogen and oxygen atoms in total. The highest BCUT2D eigenvalue weighted by Gasteiger charge is 2.30. The van der Waals surface area contributed by atoms with Gasteiger partial charge in [0, 0.05) is 19.6 Å². The maximum absolute atomic E-state index is 12.9. The number of hydrogen-bond acceptors (Lipinski definition) is 4. The molecule has 3 rings (SSSR count). The number of nitrogens with zero attached hydrogens (tertiary/aromatic N) is 4. The van der Waals surface area contributed by atoms with Crippen LogP contribution in [0.15, 0.2) is 35.7 Å². The van der Waals surface area contributed by atoms with Gasteiger partial charge in [-0.2, -0.15) is 9.40 Å². The average Bonchev–Trinajstić information content (AvgIpc) is 3.03. The Morgan fingerprint density at radius 3 is 2.78 bits per heavy atom. The summed E-state index contributed by atoms with van der Waals surface area (Å²) in [6.07, 6.45) is 5.07. The summed E-state index contributed by atoms with van der Waals surface area (Å²) in [5.41, 5.74) is 2.11. The first kappa shape index (κ1) is 16.1. The largest absolute Gasteiger partial charge is 0.253 e. The van der Waals surface area contributed by atoms with Crippen LogP contribution >= 0.6 is 0 Å². The lowest BCUT2D eigenvalue weighted by Gasteiger charge is -2.31. The van der Waals surface area contributed by atoms with E-state index in [0.29, 0.717) is 24.5 Å². The summed E-state index contributed by atoms with van der Waals surface area (Å²) in [5.74, 6) is 0.270. The predicted molar refractivity (Wildman–Crippen MR) is 87.4 cm³/mol. The van der Waals surface area contributed by atoms with Gasteiger partial charge in [-0.05, 0) is 55.9 Å². The summed E-state index contributed by atoms with van der Waals surface area (Å²) >= 11 is 0. The third kappa shape index (κ3) is 3.45. The van der Waals surface area contributed by atoms with E-state index in [0.717, 1.165) is 24.0 Å². The van der Waals surface area contributed by atoms with Crippen LogP contribution in [0.2, 0.25) is 0 Å². The second-order valence-electron chi connectivity index (χ2n) is 6.23. The van der Waals surface area contributed by atoms with Crippen LogP contribution < -0.4 is 0 Å². The molecule has 0 N–H and O–H groups in total. The highest BCUT2D eigenvalue weighted by atomic mass is 32.2. The first-order chi connectivity index (χ1) is 11.0. The van der Waals surface area contributed by atoms with Crippen molar-refractivity contribution in [3.05, 3.63) is 42.0 Å². The van der Waals surface area contributed by atoms with Crippen molar-refractivity contribution in [3.63, 3.8) is 0 Å². The summed E-state index contributed by atoms with van der Waals surface area (Å²) in [6, 6.07) is 5.35. The van der Waals surface area contributed by atoms with Crippen molar-refractivity contribution in [1.82, 2.24) is 19.1 Å². The lowest BCUT2D eigenvalue weighted by molar-refractivity contribution is 0.239. The Hall–Kier alpha value is -1.73. The van der Waals surface area contributed by atoms with E-state index in [1.54, 1.807) is 27.4 Å². The number of piperidine rings is 1. The smallest absolute Gasteiger partial charge is 0.243 e. The second-order valence-corrected chi connectivity index (χ2v) is 8.17. The molecule has 1 aromatic heterocycles. The van der Waals surface area contributed by atoms with Gasteiger partial charge in [-0.3, -0.25) is 4.68 Å². The second kappa shape index (κ2) is 6.41. The number of hydrogen-bond donors (Lipinski definition) is 0. The summed E-state index contributed by atoms with van der Waals surface area (Å²) in [5, 5.41) is 4.11. The molecule has 0 saturated carbocycles. The monoisotopic (exact) mass is 334 g/mol. The van der Waals surface area contributed by atoms with Crippen LogP contribution in [0.4, 0.5) is 0 Å². The van der Waals surface area contributed by atoms with Gasteiger partial charge in [0.1, 0.15) is 12.7 Å². The first-order valence-corrected chi connectivity index (χ1v) is 9.30. The third-order valence-electron chi connectivity index (χ3n) is 4.51. The van der Waals surface area contributed by atoms with Crippen LogP contribution in [0.25, 0.3) is 0 Å². The predicted octanol–water partition coefficient (Wildman–Crippen LogP) is 2.00. The van der Waals surface area contributed by atoms with Gasteiger partial charge >= 0.3 is 0 Å². The molecule has 1 saturated heterocycles. The fourth-order valence-corrected chi connectivity index (χ4v) is 4.65. The minimum Gasteiger partial charge on any atom is -0.253 e. The van der Waals surface area contributed by atoms with Crippen molar-refractivity contribution in [3.8, 4) is 0 Å². The molecule has 0 aliphatic carbocycles. The van der Waals surface area contributed by atoms with Crippen LogP contribution in [0, 0.1) is 19.8 Å². The van der Waals surface area contributed by atoms with Crippen molar-refractivity contribution in [2.24, 2.45) is 5.92 Å². The third-order valence-corrected chi connectivity index (χ3v) is 6.37. The normalized spacial score (nSPS) is 19.8. The SMILES string of the molecule is Cc1ccc(S(=O)(=O)N2CCC[C@@H](Cn3cncn3)C2)cc1C. The molecule has 2 aromatic rings. The van der Waals surface area contributed by atoms with Gasteiger partial charge in [0.15, 0.2) is 0 Å². The Balaban J connectivity index is 1.77. The molecule has 1 aliphatic heterocycles. The van der Waals surface area contributed by atoms with Gasteiger partial charge < -0.3 is 0 Å². The Labute approximate surface area is 137 Å². The average molecular weight is 334 g/mol. The van der Waals surface area contributed by atoms with E-state index >= 15 is 0 Å². The molecule has 0 unspecified atom stereocenters. The minimum absolute atomic E-state index is 0.270. The Morgan fingerprint density at radius 2 is 2.09 bits per heavy atom. The highest BCUT2D eigenvalue weighted by Crippen LogP contribution is 2.25. The zero-order valence-corrected chi connectivity index (χ0v) is 14.3. The quantitative estimate of drug-likeness (QED) is 0.857. The summed E-state index contributed by atoms with van der Waals surface area (Å²) in [6.45, 7) is 5.76.